The summed E-state index contributed by atoms with van der Waals surface area (Å²) < 4.78 is 7.86. The molecule has 0 saturated heterocycles. The van der Waals surface area contributed by atoms with E-state index >= 15 is 0 Å². The zero-order valence-corrected chi connectivity index (χ0v) is 13.9. The van der Waals surface area contributed by atoms with Crippen molar-refractivity contribution in [2.24, 2.45) is 5.92 Å². The van der Waals surface area contributed by atoms with Crippen LogP contribution in [-0.2, 0) is 17.7 Å². The Kier molecular flexibility index (Phi) is 4.95. The van der Waals surface area contributed by atoms with Crippen LogP contribution in [0.5, 0.6) is 0 Å². The second kappa shape index (κ2) is 6.74. The van der Waals surface area contributed by atoms with Crippen molar-refractivity contribution in [3.8, 4) is 0 Å². The second-order valence-electron chi connectivity index (χ2n) is 5.39. The smallest absolute Gasteiger partial charge is 0.111 e. The number of hydrogen-bond donors (Lipinski definition) is 0. The molecule has 0 spiro atoms. The molecule has 0 bridgehead atoms. The van der Waals surface area contributed by atoms with Crippen molar-refractivity contribution in [3.63, 3.8) is 0 Å². The predicted molar refractivity (Wildman–Crippen MR) is 87.7 cm³/mol. The summed E-state index contributed by atoms with van der Waals surface area (Å²) in [7, 11) is 0. The van der Waals surface area contributed by atoms with Gasteiger partial charge in [0.1, 0.15) is 5.82 Å². The third-order valence-electron chi connectivity index (χ3n) is 3.70. The van der Waals surface area contributed by atoms with E-state index in [0.717, 1.165) is 35.9 Å². The van der Waals surface area contributed by atoms with Gasteiger partial charge < -0.3 is 9.30 Å². The molecule has 3 nitrogen and oxygen atoms in total. The highest BCUT2D eigenvalue weighted by Gasteiger charge is 2.21. The molecule has 1 saturated carbocycles. The number of halogens is 3. The first-order valence-electron chi connectivity index (χ1n) is 7.17. The van der Waals surface area contributed by atoms with Crippen molar-refractivity contribution in [2.45, 2.75) is 25.8 Å². The molecule has 21 heavy (non-hydrogen) atoms. The maximum atomic E-state index is 6.13. The monoisotopic (exact) mass is 346 g/mol. The van der Waals surface area contributed by atoms with Gasteiger partial charge in [-0.05, 0) is 30.9 Å². The minimum Gasteiger partial charge on any atom is -0.379 e. The SMILES string of the molecule is ClCCc1nc2cc(Cl)c(Cl)cc2n1CCOCC1CC1. The molecular weight excluding hydrogens is 331 g/mol. The van der Waals surface area contributed by atoms with Crippen LogP contribution in [0.15, 0.2) is 12.1 Å². The van der Waals surface area contributed by atoms with E-state index in [-0.39, 0.29) is 0 Å². The Bertz CT molecular complexity index is 637. The van der Waals surface area contributed by atoms with E-state index in [1.165, 1.54) is 12.8 Å². The summed E-state index contributed by atoms with van der Waals surface area (Å²) >= 11 is 18.1. The minimum atomic E-state index is 0.524. The van der Waals surface area contributed by atoms with Gasteiger partial charge in [-0.2, -0.15) is 0 Å². The third-order valence-corrected chi connectivity index (χ3v) is 4.61. The van der Waals surface area contributed by atoms with Crippen LogP contribution in [-0.4, -0.2) is 28.6 Å². The number of aromatic nitrogens is 2. The molecule has 1 fully saturated rings. The summed E-state index contributed by atoms with van der Waals surface area (Å²) in [6, 6.07) is 3.67. The minimum absolute atomic E-state index is 0.524. The number of nitrogens with zero attached hydrogens (tertiary/aromatic N) is 2. The van der Waals surface area contributed by atoms with Gasteiger partial charge in [-0.1, -0.05) is 23.2 Å². The molecule has 3 rings (SSSR count). The Hall–Kier alpha value is -0.480. The van der Waals surface area contributed by atoms with Crippen molar-refractivity contribution in [1.29, 1.82) is 0 Å². The number of alkyl halides is 1. The van der Waals surface area contributed by atoms with Crippen molar-refractivity contribution in [2.75, 3.05) is 19.1 Å². The Morgan fingerprint density at radius 2 is 2.00 bits per heavy atom. The fourth-order valence-electron chi connectivity index (χ4n) is 2.39. The molecule has 1 aliphatic rings. The van der Waals surface area contributed by atoms with Crippen LogP contribution < -0.4 is 0 Å². The fourth-order valence-corrected chi connectivity index (χ4v) is 2.87. The number of imidazole rings is 1. The molecule has 0 N–H and O–H groups in total. The van der Waals surface area contributed by atoms with Crippen molar-refractivity contribution in [1.82, 2.24) is 9.55 Å². The summed E-state index contributed by atoms with van der Waals surface area (Å²) in [6.07, 6.45) is 3.33. The average Bonchev–Trinajstić information content (AvgIpc) is 3.22. The molecule has 0 unspecified atom stereocenters. The number of hydrogen-bond acceptors (Lipinski definition) is 2. The highest BCUT2D eigenvalue weighted by Crippen LogP contribution is 2.30. The lowest BCUT2D eigenvalue weighted by Crippen LogP contribution is -2.11. The summed E-state index contributed by atoms with van der Waals surface area (Å²) in [5.74, 6) is 2.27. The Morgan fingerprint density at radius 1 is 1.24 bits per heavy atom. The summed E-state index contributed by atoms with van der Waals surface area (Å²) in [5.41, 5.74) is 1.84. The lowest BCUT2D eigenvalue weighted by atomic mass is 10.3. The number of ether oxygens (including phenoxy) is 1. The van der Waals surface area contributed by atoms with E-state index in [1.54, 1.807) is 6.07 Å². The third kappa shape index (κ3) is 3.65. The molecule has 1 aromatic carbocycles. The van der Waals surface area contributed by atoms with Gasteiger partial charge in [-0.15, -0.1) is 11.6 Å². The maximum Gasteiger partial charge on any atom is 0.111 e. The summed E-state index contributed by atoms with van der Waals surface area (Å²) in [6.45, 7) is 2.30. The molecule has 114 valence electrons. The maximum absolute atomic E-state index is 6.13. The van der Waals surface area contributed by atoms with Gasteiger partial charge in [-0.25, -0.2) is 4.98 Å². The van der Waals surface area contributed by atoms with E-state index < -0.39 is 0 Å². The molecule has 1 heterocycles. The van der Waals surface area contributed by atoms with Gasteiger partial charge in [0.05, 0.1) is 27.7 Å². The van der Waals surface area contributed by atoms with Crippen molar-refractivity contribution < 1.29 is 4.74 Å². The largest absolute Gasteiger partial charge is 0.379 e. The molecule has 1 aromatic heterocycles. The molecule has 0 amide bonds. The van der Waals surface area contributed by atoms with Crippen LogP contribution in [0.25, 0.3) is 11.0 Å². The molecule has 6 heteroatoms. The molecule has 0 aliphatic heterocycles. The lowest BCUT2D eigenvalue weighted by Gasteiger charge is -2.09. The van der Waals surface area contributed by atoms with Gasteiger partial charge >= 0.3 is 0 Å². The normalized spacial score (nSPS) is 15.0. The molecule has 0 radical (unpaired) electrons. The van der Waals surface area contributed by atoms with Crippen LogP contribution in [0.2, 0.25) is 10.0 Å². The Morgan fingerprint density at radius 3 is 2.71 bits per heavy atom. The molecule has 2 aromatic rings. The lowest BCUT2D eigenvalue weighted by molar-refractivity contribution is 0.117. The van der Waals surface area contributed by atoms with Crippen LogP contribution in [0, 0.1) is 5.92 Å². The molecular formula is C15H17Cl3N2O. The van der Waals surface area contributed by atoms with E-state index in [1.807, 2.05) is 6.07 Å². The van der Waals surface area contributed by atoms with Gasteiger partial charge in [-0.3, -0.25) is 0 Å². The highest BCUT2D eigenvalue weighted by atomic mass is 35.5. The van der Waals surface area contributed by atoms with E-state index in [4.69, 9.17) is 39.5 Å². The average molecular weight is 348 g/mol. The molecule has 1 aliphatic carbocycles. The Labute approximate surface area is 139 Å². The first kappa shape index (κ1) is 15.4. The van der Waals surface area contributed by atoms with Gasteiger partial charge in [0, 0.05) is 25.5 Å². The second-order valence-corrected chi connectivity index (χ2v) is 6.58. The standard InChI is InChI=1S/C15H17Cl3N2O/c16-4-3-15-19-13-7-11(17)12(18)8-14(13)20(15)5-6-21-9-10-1-2-10/h7-8,10H,1-6,9H2. The molecule has 0 atom stereocenters. The van der Waals surface area contributed by atoms with Crippen molar-refractivity contribution >= 4 is 45.8 Å². The van der Waals surface area contributed by atoms with Crippen LogP contribution in [0.1, 0.15) is 18.7 Å². The zero-order chi connectivity index (χ0) is 14.8. The van der Waals surface area contributed by atoms with Gasteiger partial charge in [0.25, 0.3) is 0 Å². The quantitative estimate of drug-likeness (QED) is 0.542. The zero-order valence-electron chi connectivity index (χ0n) is 11.6. The Balaban J connectivity index is 1.81. The first-order chi connectivity index (χ1) is 10.2. The number of aryl methyl sites for hydroxylation is 1. The van der Waals surface area contributed by atoms with Crippen LogP contribution >= 0.6 is 34.8 Å². The van der Waals surface area contributed by atoms with E-state index in [2.05, 4.69) is 9.55 Å². The topological polar surface area (TPSA) is 27.1 Å². The highest BCUT2D eigenvalue weighted by molar-refractivity contribution is 6.42. The number of fused-ring (bicyclic) bond motifs is 1. The van der Waals surface area contributed by atoms with Crippen LogP contribution in [0.4, 0.5) is 0 Å². The fraction of sp³-hybridized carbons (Fsp3) is 0.533. The van der Waals surface area contributed by atoms with Crippen LogP contribution in [0.3, 0.4) is 0 Å². The first-order valence-corrected chi connectivity index (χ1v) is 8.46. The van der Waals surface area contributed by atoms with E-state index in [9.17, 15) is 0 Å². The summed E-state index contributed by atoms with van der Waals surface area (Å²) in [4.78, 5) is 4.61. The number of benzene rings is 1. The summed E-state index contributed by atoms with van der Waals surface area (Å²) in [5, 5.41) is 1.07. The van der Waals surface area contributed by atoms with E-state index in [0.29, 0.717) is 29.0 Å². The van der Waals surface area contributed by atoms with Crippen molar-refractivity contribution in [3.05, 3.63) is 28.0 Å². The van der Waals surface area contributed by atoms with Gasteiger partial charge in [0.15, 0.2) is 0 Å². The van der Waals surface area contributed by atoms with Gasteiger partial charge in [0.2, 0.25) is 0 Å². The number of rotatable bonds is 7. The predicted octanol–water partition coefficient (Wildman–Crippen LogP) is 4.55.